The molecule has 1 aromatic carbocycles. The number of oxazole rings is 1. The highest BCUT2D eigenvalue weighted by Gasteiger charge is 2.31. The van der Waals surface area contributed by atoms with E-state index in [-0.39, 0.29) is 24.1 Å². The first kappa shape index (κ1) is 16.7. The van der Waals surface area contributed by atoms with Crippen LogP contribution in [0.3, 0.4) is 0 Å². The van der Waals surface area contributed by atoms with Crippen LogP contribution in [0.5, 0.6) is 0 Å². The third kappa shape index (κ3) is 3.66. The average molecular weight is 345 g/mol. The Kier molecular flexibility index (Phi) is 4.75. The van der Waals surface area contributed by atoms with Crippen molar-refractivity contribution in [1.82, 2.24) is 10.3 Å². The Labute approximate surface area is 142 Å². The molecule has 0 spiro atoms. The number of hydrogen-bond acceptors (Lipinski definition) is 7. The summed E-state index contributed by atoms with van der Waals surface area (Å²) in [6.07, 6.45) is 1.20. The second-order valence-corrected chi connectivity index (χ2v) is 5.24. The molecule has 130 valence electrons. The molecule has 0 unspecified atom stereocenters. The molecular weight excluding hydrogens is 330 g/mol. The molecule has 1 aromatic heterocycles. The van der Waals surface area contributed by atoms with E-state index in [9.17, 15) is 14.7 Å². The maximum Gasteiger partial charge on any atom is 0.332 e. The summed E-state index contributed by atoms with van der Waals surface area (Å²) < 4.78 is 10.4. The molecule has 0 saturated carbocycles. The lowest BCUT2D eigenvalue weighted by atomic mass is 10.2. The molecule has 2 atom stereocenters. The zero-order valence-corrected chi connectivity index (χ0v) is 13.0. The van der Waals surface area contributed by atoms with Crippen molar-refractivity contribution in [3.05, 3.63) is 42.3 Å². The lowest BCUT2D eigenvalue weighted by Crippen LogP contribution is -2.43. The van der Waals surface area contributed by atoms with Gasteiger partial charge in [0.1, 0.15) is 18.9 Å². The molecule has 3 N–H and O–H groups in total. The number of aromatic nitrogens is 1. The molecule has 1 amide bonds. The van der Waals surface area contributed by atoms with E-state index >= 15 is 0 Å². The lowest BCUT2D eigenvalue weighted by Gasteiger charge is -2.14. The normalized spacial score (nSPS) is 17.5. The van der Waals surface area contributed by atoms with Gasteiger partial charge in [-0.3, -0.25) is 4.79 Å². The number of aliphatic hydroxyl groups is 1. The zero-order valence-electron chi connectivity index (χ0n) is 13.0. The van der Waals surface area contributed by atoms with Gasteiger partial charge in [0.2, 0.25) is 11.8 Å². The number of aliphatic imine (C=N–C) groups is 1. The van der Waals surface area contributed by atoms with Crippen LogP contribution in [0.2, 0.25) is 0 Å². The molecule has 0 radical (unpaired) electrons. The van der Waals surface area contributed by atoms with E-state index in [2.05, 4.69) is 15.3 Å². The van der Waals surface area contributed by atoms with Crippen molar-refractivity contribution in [2.24, 2.45) is 4.99 Å². The topological polar surface area (TPSA) is 134 Å². The SMILES string of the molecule is O=C(N[C@@H](CO)C1=N[C@H](C(=O)O)CO1)c1coc(-c2ccccc2)n1. The molecule has 25 heavy (non-hydrogen) atoms. The number of amides is 1. The predicted octanol–water partition coefficient (Wildman–Crippen LogP) is 0.314. The van der Waals surface area contributed by atoms with Crippen LogP contribution in [-0.4, -0.2) is 58.3 Å². The predicted molar refractivity (Wildman–Crippen MR) is 85.1 cm³/mol. The molecule has 0 saturated heterocycles. The molecule has 3 rings (SSSR count). The van der Waals surface area contributed by atoms with Crippen molar-refractivity contribution < 1.29 is 29.0 Å². The van der Waals surface area contributed by atoms with Gasteiger partial charge in [-0.2, -0.15) is 0 Å². The van der Waals surface area contributed by atoms with E-state index in [4.69, 9.17) is 14.3 Å². The number of carboxylic acid groups (broad SMARTS) is 1. The fourth-order valence-electron chi connectivity index (χ4n) is 2.22. The summed E-state index contributed by atoms with van der Waals surface area (Å²) in [5.41, 5.74) is 0.735. The number of hydrogen-bond donors (Lipinski definition) is 3. The van der Waals surface area contributed by atoms with Gasteiger partial charge in [0.25, 0.3) is 5.91 Å². The van der Waals surface area contributed by atoms with Crippen LogP contribution in [0.4, 0.5) is 0 Å². The monoisotopic (exact) mass is 345 g/mol. The van der Waals surface area contributed by atoms with Gasteiger partial charge in [-0.1, -0.05) is 18.2 Å². The van der Waals surface area contributed by atoms with E-state index in [1.807, 2.05) is 18.2 Å². The van der Waals surface area contributed by atoms with Crippen LogP contribution >= 0.6 is 0 Å². The summed E-state index contributed by atoms with van der Waals surface area (Å²) in [6, 6.07) is 7.05. The fourth-order valence-corrected chi connectivity index (χ4v) is 2.22. The molecule has 0 aliphatic carbocycles. The van der Waals surface area contributed by atoms with Crippen LogP contribution in [0.1, 0.15) is 10.5 Å². The first-order chi connectivity index (χ1) is 12.1. The number of benzene rings is 1. The Balaban J connectivity index is 1.70. The van der Waals surface area contributed by atoms with E-state index in [1.165, 1.54) is 6.26 Å². The number of aliphatic hydroxyl groups excluding tert-OH is 1. The summed E-state index contributed by atoms with van der Waals surface area (Å²) >= 11 is 0. The molecule has 2 aromatic rings. The average Bonchev–Trinajstić information content (AvgIpc) is 3.30. The number of carboxylic acids is 1. The van der Waals surface area contributed by atoms with Crippen LogP contribution in [0.15, 0.2) is 46.0 Å². The summed E-state index contributed by atoms with van der Waals surface area (Å²) in [5.74, 6) is -1.49. The Morgan fingerprint density at radius 3 is 2.72 bits per heavy atom. The summed E-state index contributed by atoms with van der Waals surface area (Å²) in [7, 11) is 0. The van der Waals surface area contributed by atoms with E-state index < -0.39 is 30.6 Å². The number of rotatable bonds is 6. The molecule has 0 bridgehead atoms. The zero-order chi connectivity index (χ0) is 17.8. The van der Waals surface area contributed by atoms with Crippen molar-refractivity contribution in [3.8, 4) is 11.5 Å². The number of aliphatic carboxylic acids is 1. The number of ether oxygens (including phenoxy) is 1. The summed E-state index contributed by atoms with van der Waals surface area (Å²) in [4.78, 5) is 31.1. The number of nitrogens with one attached hydrogen (secondary N) is 1. The van der Waals surface area contributed by atoms with E-state index in [0.29, 0.717) is 5.56 Å². The quantitative estimate of drug-likeness (QED) is 0.686. The van der Waals surface area contributed by atoms with Gasteiger partial charge < -0.3 is 24.7 Å². The van der Waals surface area contributed by atoms with Crippen LogP contribution in [0.25, 0.3) is 11.5 Å². The maximum atomic E-state index is 12.3. The highest BCUT2D eigenvalue weighted by atomic mass is 16.5. The molecule has 0 fully saturated rings. The fraction of sp³-hybridized carbons (Fsp3) is 0.250. The number of carbonyl (C=O) groups excluding carboxylic acids is 1. The maximum absolute atomic E-state index is 12.3. The van der Waals surface area contributed by atoms with Crippen molar-refractivity contribution in [2.45, 2.75) is 12.1 Å². The molecule has 1 aliphatic heterocycles. The van der Waals surface area contributed by atoms with Crippen LogP contribution < -0.4 is 5.32 Å². The van der Waals surface area contributed by atoms with Gasteiger partial charge in [0.15, 0.2) is 11.7 Å². The van der Waals surface area contributed by atoms with Gasteiger partial charge in [-0.15, -0.1) is 0 Å². The van der Waals surface area contributed by atoms with Crippen molar-refractivity contribution in [3.63, 3.8) is 0 Å². The third-order valence-corrected chi connectivity index (χ3v) is 3.50. The minimum atomic E-state index is -1.14. The molecule has 9 heteroatoms. The van der Waals surface area contributed by atoms with Gasteiger partial charge in [-0.05, 0) is 12.1 Å². The van der Waals surface area contributed by atoms with Crippen LogP contribution in [-0.2, 0) is 9.53 Å². The largest absolute Gasteiger partial charge is 0.480 e. The van der Waals surface area contributed by atoms with Gasteiger partial charge in [0.05, 0.1) is 6.61 Å². The smallest absolute Gasteiger partial charge is 0.332 e. The van der Waals surface area contributed by atoms with Crippen molar-refractivity contribution in [2.75, 3.05) is 13.2 Å². The Hall–Kier alpha value is -3.20. The lowest BCUT2D eigenvalue weighted by molar-refractivity contribution is -0.138. The first-order valence-electron chi connectivity index (χ1n) is 7.44. The van der Waals surface area contributed by atoms with E-state index in [0.717, 1.165) is 0 Å². The third-order valence-electron chi connectivity index (χ3n) is 3.50. The van der Waals surface area contributed by atoms with Gasteiger partial charge in [-0.25, -0.2) is 14.8 Å². The standard InChI is InChI=1S/C16H15N3O6/c20-6-10(15-19-12(8-25-15)16(22)23)17-13(21)11-7-24-14(18-11)9-4-2-1-3-5-9/h1-5,7,10,12,20H,6,8H2,(H,17,21)(H,22,23)/t10-,12-/m0/s1. The van der Waals surface area contributed by atoms with Gasteiger partial charge >= 0.3 is 5.97 Å². The molecular formula is C16H15N3O6. The minimum Gasteiger partial charge on any atom is -0.480 e. The molecule has 9 nitrogen and oxygen atoms in total. The number of carbonyl (C=O) groups is 2. The summed E-state index contributed by atoms with van der Waals surface area (Å²) in [5, 5.41) is 20.8. The molecule has 2 heterocycles. The highest BCUT2D eigenvalue weighted by Crippen LogP contribution is 2.18. The van der Waals surface area contributed by atoms with E-state index in [1.54, 1.807) is 12.1 Å². The molecule has 1 aliphatic rings. The van der Waals surface area contributed by atoms with Crippen molar-refractivity contribution in [1.29, 1.82) is 0 Å². The highest BCUT2D eigenvalue weighted by molar-refractivity contribution is 5.97. The van der Waals surface area contributed by atoms with Crippen molar-refractivity contribution >= 4 is 17.8 Å². The van der Waals surface area contributed by atoms with Gasteiger partial charge in [0, 0.05) is 5.56 Å². The first-order valence-corrected chi connectivity index (χ1v) is 7.44. The number of nitrogens with zero attached hydrogens (tertiary/aromatic N) is 2. The Morgan fingerprint density at radius 1 is 1.32 bits per heavy atom. The second-order valence-electron chi connectivity index (χ2n) is 5.24. The minimum absolute atomic E-state index is 0.0192. The Bertz CT molecular complexity index is 801. The Morgan fingerprint density at radius 2 is 2.08 bits per heavy atom. The van der Waals surface area contributed by atoms with Crippen LogP contribution in [0, 0.1) is 0 Å². The second kappa shape index (κ2) is 7.14. The summed E-state index contributed by atoms with van der Waals surface area (Å²) in [6.45, 7) is -0.639.